The van der Waals surface area contributed by atoms with Crippen molar-refractivity contribution in [3.05, 3.63) is 24.0 Å². The Balaban J connectivity index is 1.98. The highest BCUT2D eigenvalue weighted by Gasteiger charge is 2.46. The van der Waals surface area contributed by atoms with E-state index >= 15 is 0 Å². The van der Waals surface area contributed by atoms with Crippen molar-refractivity contribution in [2.45, 2.75) is 31.2 Å². The zero-order valence-corrected chi connectivity index (χ0v) is 11.4. The summed E-state index contributed by atoms with van der Waals surface area (Å²) in [5.74, 6) is -0.385. The summed E-state index contributed by atoms with van der Waals surface area (Å²) in [5, 5.41) is 2.88. The molecule has 0 amide bonds. The Morgan fingerprint density at radius 2 is 2.11 bits per heavy atom. The van der Waals surface area contributed by atoms with Gasteiger partial charge in [0.25, 0.3) is 10.0 Å². The van der Waals surface area contributed by atoms with E-state index in [-0.39, 0.29) is 22.3 Å². The number of hydrogen-bond acceptors (Lipinski definition) is 3. The standard InChI is InChI=1S/C12H14FN3O2S/c1-12(2)6-10(12)15-11-14-8-4-3-7(13)5-9(8)19(17,18)16-11/h3-5,10H,6H2,1-2H3,(H2,14,15,16)/t10-/m0/s1. The SMILES string of the molecule is CC1(C)C[C@@H]1N=C1Nc2ccc(F)cc2S(=O)(=O)N1. The Bertz CT molecular complexity index is 682. The molecule has 0 spiro atoms. The van der Waals surface area contributed by atoms with Crippen molar-refractivity contribution in [1.82, 2.24) is 4.72 Å². The van der Waals surface area contributed by atoms with Crippen LogP contribution < -0.4 is 10.0 Å². The number of benzene rings is 1. The van der Waals surface area contributed by atoms with Crippen LogP contribution in [0.4, 0.5) is 10.1 Å². The molecule has 1 fully saturated rings. The molecule has 2 N–H and O–H groups in total. The molecule has 0 bridgehead atoms. The second-order valence-corrected chi connectivity index (χ2v) is 7.21. The molecule has 19 heavy (non-hydrogen) atoms. The largest absolute Gasteiger partial charge is 0.324 e. The van der Waals surface area contributed by atoms with E-state index in [1.165, 1.54) is 12.1 Å². The van der Waals surface area contributed by atoms with Gasteiger partial charge in [-0.15, -0.1) is 0 Å². The number of nitrogens with one attached hydrogen (secondary N) is 2. The summed E-state index contributed by atoms with van der Waals surface area (Å²) >= 11 is 0. The Labute approximate surface area is 111 Å². The van der Waals surface area contributed by atoms with Gasteiger partial charge >= 0.3 is 0 Å². The van der Waals surface area contributed by atoms with Crippen molar-refractivity contribution in [3.63, 3.8) is 0 Å². The van der Waals surface area contributed by atoms with Gasteiger partial charge in [0, 0.05) is 0 Å². The second-order valence-electron chi connectivity index (χ2n) is 5.56. The lowest BCUT2D eigenvalue weighted by molar-refractivity contribution is 0.586. The van der Waals surface area contributed by atoms with Gasteiger partial charge in [-0.1, -0.05) is 13.8 Å². The number of aliphatic imine (C=N–C) groups is 1. The van der Waals surface area contributed by atoms with Gasteiger partial charge in [-0.2, -0.15) is 0 Å². The quantitative estimate of drug-likeness (QED) is 0.824. The second kappa shape index (κ2) is 3.69. The van der Waals surface area contributed by atoms with E-state index in [2.05, 4.69) is 28.9 Å². The highest BCUT2D eigenvalue weighted by atomic mass is 32.2. The molecule has 102 valence electrons. The minimum absolute atomic E-state index is 0.0958. The van der Waals surface area contributed by atoms with E-state index in [0.717, 1.165) is 12.5 Å². The summed E-state index contributed by atoms with van der Waals surface area (Å²) in [6, 6.07) is 3.71. The van der Waals surface area contributed by atoms with Crippen LogP contribution in [0, 0.1) is 11.2 Å². The van der Waals surface area contributed by atoms with Gasteiger partial charge in [0.1, 0.15) is 10.7 Å². The minimum atomic E-state index is -3.75. The van der Waals surface area contributed by atoms with E-state index in [9.17, 15) is 12.8 Å². The first kappa shape index (κ1) is 12.4. The van der Waals surface area contributed by atoms with Gasteiger partial charge < -0.3 is 5.32 Å². The third kappa shape index (κ3) is 2.18. The molecule has 0 unspecified atom stereocenters. The first-order valence-electron chi connectivity index (χ1n) is 5.95. The van der Waals surface area contributed by atoms with Crippen molar-refractivity contribution in [2.24, 2.45) is 10.4 Å². The molecule has 3 rings (SSSR count). The number of fused-ring (bicyclic) bond motifs is 1. The zero-order chi connectivity index (χ0) is 13.8. The fourth-order valence-electron chi connectivity index (χ4n) is 2.03. The first-order chi connectivity index (χ1) is 8.78. The molecule has 0 saturated heterocycles. The smallest absolute Gasteiger partial charge is 0.266 e. The van der Waals surface area contributed by atoms with Crippen LogP contribution in [0.15, 0.2) is 28.1 Å². The Morgan fingerprint density at radius 1 is 1.42 bits per heavy atom. The molecule has 5 nitrogen and oxygen atoms in total. The lowest BCUT2D eigenvalue weighted by Gasteiger charge is -2.21. The maximum atomic E-state index is 13.1. The van der Waals surface area contributed by atoms with Crippen LogP contribution in [0.1, 0.15) is 20.3 Å². The van der Waals surface area contributed by atoms with Crippen molar-refractivity contribution in [2.75, 3.05) is 5.32 Å². The lowest BCUT2D eigenvalue weighted by Crippen LogP contribution is -2.41. The van der Waals surface area contributed by atoms with Gasteiger partial charge in [0.05, 0.1) is 11.7 Å². The highest BCUT2D eigenvalue weighted by Crippen LogP contribution is 2.47. The van der Waals surface area contributed by atoms with Gasteiger partial charge in [0.15, 0.2) is 0 Å². The van der Waals surface area contributed by atoms with Gasteiger partial charge in [0.2, 0.25) is 5.96 Å². The molecule has 7 heteroatoms. The number of anilines is 1. The molecule has 2 aliphatic rings. The maximum Gasteiger partial charge on any atom is 0.266 e. The molecular formula is C12H14FN3O2S. The van der Waals surface area contributed by atoms with E-state index in [1.807, 2.05) is 0 Å². The summed E-state index contributed by atoms with van der Waals surface area (Å²) in [7, 11) is -3.75. The molecule has 1 aromatic carbocycles. The third-order valence-electron chi connectivity index (χ3n) is 3.46. The molecule has 1 heterocycles. The predicted octanol–water partition coefficient (Wildman–Crippen LogP) is 1.68. The van der Waals surface area contributed by atoms with Crippen LogP contribution in [0.5, 0.6) is 0 Å². The summed E-state index contributed by atoms with van der Waals surface area (Å²) < 4.78 is 39.4. The monoisotopic (exact) mass is 283 g/mol. The summed E-state index contributed by atoms with van der Waals surface area (Å²) in [6.45, 7) is 4.14. The number of sulfonamides is 1. The van der Waals surface area contributed by atoms with Crippen LogP contribution in [0.25, 0.3) is 0 Å². The fourth-order valence-corrected chi connectivity index (χ4v) is 3.18. The van der Waals surface area contributed by atoms with Crippen molar-refractivity contribution < 1.29 is 12.8 Å². The van der Waals surface area contributed by atoms with Crippen LogP contribution in [0.3, 0.4) is 0 Å². The van der Waals surface area contributed by atoms with Crippen molar-refractivity contribution >= 4 is 21.7 Å². The minimum Gasteiger partial charge on any atom is -0.324 e. The lowest BCUT2D eigenvalue weighted by atomic mass is 10.2. The summed E-state index contributed by atoms with van der Waals surface area (Å²) in [6.07, 6.45) is 0.927. The molecule has 1 atom stereocenters. The summed E-state index contributed by atoms with van der Waals surface area (Å²) in [4.78, 5) is 4.24. The molecular weight excluding hydrogens is 269 g/mol. The number of hydrogen-bond donors (Lipinski definition) is 2. The van der Waals surface area contributed by atoms with Crippen LogP contribution in [-0.2, 0) is 10.0 Å². The average Bonchev–Trinajstić information content (AvgIpc) is 2.86. The molecule has 1 aliphatic heterocycles. The third-order valence-corrected chi connectivity index (χ3v) is 4.84. The molecule has 1 aromatic rings. The van der Waals surface area contributed by atoms with E-state index in [0.29, 0.717) is 5.69 Å². The maximum absolute atomic E-state index is 13.1. The van der Waals surface area contributed by atoms with Crippen molar-refractivity contribution in [3.8, 4) is 0 Å². The molecule has 1 saturated carbocycles. The number of rotatable bonds is 1. The van der Waals surface area contributed by atoms with E-state index in [1.54, 1.807) is 0 Å². The van der Waals surface area contributed by atoms with Crippen LogP contribution >= 0.6 is 0 Å². The first-order valence-corrected chi connectivity index (χ1v) is 7.43. The van der Waals surface area contributed by atoms with Gasteiger partial charge in [-0.05, 0) is 30.0 Å². The average molecular weight is 283 g/mol. The Hall–Kier alpha value is -1.63. The van der Waals surface area contributed by atoms with Gasteiger partial charge in [-0.25, -0.2) is 22.5 Å². The molecule has 0 radical (unpaired) electrons. The number of nitrogens with zero attached hydrogens (tertiary/aromatic N) is 1. The topological polar surface area (TPSA) is 70.6 Å². The predicted molar refractivity (Wildman–Crippen MR) is 70.0 cm³/mol. The molecule has 0 aromatic heterocycles. The van der Waals surface area contributed by atoms with Crippen LogP contribution in [0.2, 0.25) is 0 Å². The Kier molecular flexibility index (Phi) is 2.41. The van der Waals surface area contributed by atoms with E-state index in [4.69, 9.17) is 0 Å². The highest BCUT2D eigenvalue weighted by molar-refractivity contribution is 7.90. The fraction of sp³-hybridized carbons (Fsp3) is 0.417. The number of halogens is 1. The van der Waals surface area contributed by atoms with Crippen molar-refractivity contribution in [1.29, 1.82) is 0 Å². The Morgan fingerprint density at radius 3 is 2.74 bits per heavy atom. The normalized spacial score (nSPS) is 28.2. The van der Waals surface area contributed by atoms with E-state index < -0.39 is 15.8 Å². The van der Waals surface area contributed by atoms with Gasteiger partial charge in [-0.3, -0.25) is 0 Å². The summed E-state index contributed by atoms with van der Waals surface area (Å²) in [5.41, 5.74) is 0.459. The zero-order valence-electron chi connectivity index (χ0n) is 10.6. The van der Waals surface area contributed by atoms with Crippen LogP contribution in [-0.4, -0.2) is 20.4 Å². The number of guanidine groups is 1. The molecule has 1 aliphatic carbocycles.